The van der Waals surface area contributed by atoms with Crippen LogP contribution in [0.25, 0.3) is 11.1 Å². The molecule has 10 nitrogen and oxygen atoms in total. The molecule has 0 saturated heterocycles. The Morgan fingerprint density at radius 1 is 0.889 bits per heavy atom. The molecule has 0 saturated carbocycles. The van der Waals surface area contributed by atoms with Gasteiger partial charge in [-0.1, -0.05) is 12.1 Å². The van der Waals surface area contributed by atoms with Crippen LogP contribution in [0.15, 0.2) is 46.2 Å². The number of hydrogen-bond donors (Lipinski definition) is 3. The molecule has 3 N–H and O–H groups in total. The molecule has 0 heterocycles. The second-order valence-corrected chi connectivity index (χ2v) is 7.73. The molecule has 27 heavy (non-hydrogen) atoms. The normalized spacial score (nSPS) is 11.5. The fourth-order valence-corrected chi connectivity index (χ4v) is 3.43. The van der Waals surface area contributed by atoms with Gasteiger partial charge >= 0.3 is 30.8 Å². The van der Waals surface area contributed by atoms with Crippen molar-refractivity contribution in [1.82, 2.24) is 0 Å². The van der Waals surface area contributed by atoms with E-state index in [1.807, 2.05) is 0 Å². The third-order valence-electron chi connectivity index (χ3n) is 3.29. The Morgan fingerprint density at radius 2 is 1.41 bits per heavy atom. The third kappa shape index (κ3) is 4.95. The maximum Gasteiger partial charge on any atom is 1.00 e. The smallest absolute Gasteiger partial charge is 0.744 e. The van der Waals surface area contributed by atoms with E-state index in [1.165, 1.54) is 0 Å². The van der Waals surface area contributed by atoms with Crippen LogP contribution < -0.4 is 18.9 Å². The maximum absolute atomic E-state index is 11.5. The molecule has 0 aliphatic heterocycles. The van der Waals surface area contributed by atoms with Crippen LogP contribution in [0.4, 0.5) is 0 Å². The van der Waals surface area contributed by atoms with Gasteiger partial charge in [-0.2, -0.15) is 8.42 Å². The summed E-state index contributed by atoms with van der Waals surface area (Å²) in [6.07, 6.45) is 0. The molecule has 2 aromatic rings. The van der Waals surface area contributed by atoms with Gasteiger partial charge in [-0.25, -0.2) is 18.0 Å². The summed E-state index contributed by atoms with van der Waals surface area (Å²) < 4.78 is 65.6. The van der Waals surface area contributed by atoms with Crippen molar-refractivity contribution in [3.8, 4) is 11.1 Å². The Bertz CT molecular complexity index is 1120. The second kappa shape index (κ2) is 7.81. The Labute approximate surface area is 165 Å². The van der Waals surface area contributed by atoms with E-state index in [4.69, 9.17) is 9.66 Å². The number of rotatable bonds is 5. The van der Waals surface area contributed by atoms with Gasteiger partial charge in [-0.05, 0) is 29.8 Å². The summed E-state index contributed by atoms with van der Waals surface area (Å²) in [5.74, 6) is -3.35. The molecular weight excluding hydrogens is 399 g/mol. The van der Waals surface area contributed by atoms with Crippen molar-refractivity contribution in [1.29, 1.82) is 0 Å². The largest absolute Gasteiger partial charge is 1.00 e. The third-order valence-corrected chi connectivity index (χ3v) is 5.02. The molecule has 2 aromatic carbocycles. The topological polar surface area (TPSA) is 186 Å². The van der Waals surface area contributed by atoms with Gasteiger partial charge < -0.3 is 14.8 Å². The summed E-state index contributed by atoms with van der Waals surface area (Å²) in [6, 6.07) is 4.86. The molecule has 138 valence electrons. The zero-order chi connectivity index (χ0) is 19.9. The molecule has 0 aliphatic carbocycles. The van der Waals surface area contributed by atoms with Crippen molar-refractivity contribution < 1.29 is 64.6 Å². The van der Waals surface area contributed by atoms with Crippen molar-refractivity contribution in [2.75, 3.05) is 0 Å². The van der Waals surface area contributed by atoms with Crippen LogP contribution in [0.3, 0.4) is 0 Å². The molecule has 0 radical (unpaired) electrons. The Hall–Kier alpha value is -2.20. The zero-order valence-corrected chi connectivity index (χ0v) is 15.1. The minimum absolute atomic E-state index is 0. The van der Waals surface area contributed by atoms with E-state index in [0.29, 0.717) is 12.1 Å². The van der Waals surface area contributed by atoms with Gasteiger partial charge in [0.15, 0.2) is 0 Å². The zero-order valence-electron chi connectivity index (χ0n) is 13.5. The molecule has 0 aliphatic rings. The molecule has 2 rings (SSSR count). The van der Waals surface area contributed by atoms with Crippen molar-refractivity contribution in [2.45, 2.75) is 9.79 Å². The molecule has 0 unspecified atom stereocenters. The number of carboxylic acid groups (broad SMARTS) is 2. The van der Waals surface area contributed by atoms with E-state index in [1.54, 1.807) is 0 Å². The van der Waals surface area contributed by atoms with Crippen LogP contribution in [0, 0.1) is 0 Å². The quantitative estimate of drug-likeness (QED) is 0.365. The Balaban J connectivity index is 0.00000364. The average Bonchev–Trinajstić information content (AvgIpc) is 2.51. The molecule has 0 fully saturated rings. The Kier molecular flexibility index (Phi) is 6.61. The van der Waals surface area contributed by atoms with Crippen molar-refractivity contribution in [2.24, 2.45) is 0 Å². The van der Waals surface area contributed by atoms with Crippen molar-refractivity contribution >= 4 is 32.2 Å². The van der Waals surface area contributed by atoms with E-state index < -0.39 is 58.7 Å². The standard InChI is InChI=1S/C14H10O10S2.Li/c15-13(16)8-5-10(14(17)18)12(11(6-8)26(22,23)24)7-1-3-9(4-2-7)25(19,20)21;/h1-6H,(H,15,16)(H,17,18)(H,19,20,21)(H,22,23,24);/q;+1/p-1. The minimum Gasteiger partial charge on any atom is -0.744 e. The van der Waals surface area contributed by atoms with E-state index in [9.17, 15) is 36.1 Å². The second-order valence-electron chi connectivity index (χ2n) is 4.96. The maximum atomic E-state index is 11.5. The van der Waals surface area contributed by atoms with Gasteiger partial charge in [0.25, 0.3) is 10.1 Å². The van der Waals surface area contributed by atoms with Crippen LogP contribution in [-0.4, -0.2) is 48.1 Å². The summed E-state index contributed by atoms with van der Waals surface area (Å²) in [5, 5.41) is 18.3. The fourth-order valence-electron chi connectivity index (χ4n) is 2.20. The molecule has 0 spiro atoms. The molecular formula is C14H9LiO10S2. The van der Waals surface area contributed by atoms with Crippen LogP contribution in [-0.2, 0) is 20.2 Å². The summed E-state index contributed by atoms with van der Waals surface area (Å²) >= 11 is 0. The average molecular weight is 408 g/mol. The molecule has 0 amide bonds. The fraction of sp³-hybridized carbons (Fsp3) is 0. The summed E-state index contributed by atoms with van der Waals surface area (Å²) in [4.78, 5) is 20.9. The number of carboxylic acids is 2. The first-order chi connectivity index (χ1) is 11.8. The Morgan fingerprint density at radius 3 is 1.78 bits per heavy atom. The van der Waals surface area contributed by atoms with Gasteiger partial charge in [0, 0.05) is 5.56 Å². The van der Waals surface area contributed by atoms with Crippen LogP contribution in [0.2, 0.25) is 0 Å². The number of aromatic carboxylic acids is 2. The van der Waals surface area contributed by atoms with Crippen LogP contribution in [0.1, 0.15) is 20.7 Å². The predicted octanol–water partition coefficient (Wildman–Crippen LogP) is -2.10. The van der Waals surface area contributed by atoms with Gasteiger partial charge in [0.1, 0.15) is 10.1 Å². The first-order valence-electron chi connectivity index (χ1n) is 6.51. The summed E-state index contributed by atoms with van der Waals surface area (Å²) in [6.45, 7) is 0. The van der Waals surface area contributed by atoms with E-state index in [-0.39, 0.29) is 24.4 Å². The van der Waals surface area contributed by atoms with E-state index in [0.717, 1.165) is 24.3 Å². The van der Waals surface area contributed by atoms with Gasteiger partial charge in [-0.15, -0.1) is 0 Å². The monoisotopic (exact) mass is 408 g/mol. The summed E-state index contributed by atoms with van der Waals surface area (Å²) in [7, 11) is -9.84. The van der Waals surface area contributed by atoms with Crippen molar-refractivity contribution in [3.05, 3.63) is 47.5 Å². The van der Waals surface area contributed by atoms with E-state index in [2.05, 4.69) is 0 Å². The number of carbonyl (C=O) groups is 2. The predicted molar refractivity (Wildman–Crippen MR) is 83.6 cm³/mol. The van der Waals surface area contributed by atoms with Crippen LogP contribution in [0.5, 0.6) is 0 Å². The van der Waals surface area contributed by atoms with Gasteiger partial charge in [0.2, 0.25) is 0 Å². The summed E-state index contributed by atoms with van der Waals surface area (Å²) in [5.41, 5.74) is -2.28. The molecule has 0 bridgehead atoms. The number of hydrogen-bond acceptors (Lipinski definition) is 7. The number of benzene rings is 2. The van der Waals surface area contributed by atoms with Gasteiger partial charge in [0.05, 0.1) is 20.9 Å². The van der Waals surface area contributed by atoms with Crippen LogP contribution >= 0.6 is 0 Å². The minimum atomic E-state index is -5.28. The SMILES string of the molecule is O=C(O)c1cc(C(=O)O)c(-c2ccc(S(=O)(=O)O)cc2)c(S(=O)(=O)[O-])c1.[Li+]. The first kappa shape index (κ1) is 22.8. The van der Waals surface area contributed by atoms with Crippen molar-refractivity contribution in [3.63, 3.8) is 0 Å². The molecule has 13 heteroatoms. The molecule has 0 atom stereocenters. The van der Waals surface area contributed by atoms with E-state index >= 15 is 0 Å². The molecule has 0 aromatic heterocycles. The first-order valence-corrected chi connectivity index (χ1v) is 9.35. The van der Waals surface area contributed by atoms with Gasteiger partial charge in [-0.3, -0.25) is 4.55 Å².